The second kappa shape index (κ2) is 7.68. The number of rotatable bonds is 8. The Labute approximate surface area is 110 Å². The van der Waals surface area contributed by atoms with Crippen molar-refractivity contribution in [1.29, 1.82) is 0 Å². The van der Waals surface area contributed by atoms with Crippen LogP contribution in [0.25, 0.3) is 0 Å². The molecule has 0 atom stereocenters. The van der Waals surface area contributed by atoms with Gasteiger partial charge in [0.25, 0.3) is 0 Å². The van der Waals surface area contributed by atoms with Crippen LogP contribution in [0, 0.1) is 0 Å². The number of alkyl halides is 3. The monoisotopic (exact) mass is 275 g/mol. The van der Waals surface area contributed by atoms with Crippen molar-refractivity contribution in [1.82, 2.24) is 5.32 Å². The Bertz CT molecular complexity index is 394. The van der Waals surface area contributed by atoms with E-state index in [1.807, 2.05) is 0 Å². The molecular formula is C13H16F3NO2. The zero-order chi connectivity index (χ0) is 14.1. The molecule has 6 heteroatoms. The number of halogens is 3. The topological polar surface area (TPSA) is 30.5 Å². The maximum atomic E-state index is 12.0. The van der Waals surface area contributed by atoms with E-state index in [-0.39, 0.29) is 5.75 Å². The molecule has 0 unspecified atom stereocenters. The number of nitrogens with one attached hydrogen (secondary N) is 1. The van der Waals surface area contributed by atoms with Crippen LogP contribution < -0.4 is 10.1 Å². The van der Waals surface area contributed by atoms with E-state index in [1.54, 1.807) is 6.07 Å². The molecule has 0 aliphatic carbocycles. The summed E-state index contributed by atoms with van der Waals surface area (Å²) in [7, 11) is 0. The first-order valence-electron chi connectivity index (χ1n) is 5.79. The standard InChI is InChI=1S/C13H16F3NO2/c1-2-18-8-4-7-17-10-11-5-3-6-12(9-11)19-13(14,15)16/h2-3,5-6,9,17H,1,4,7-8,10H2. The van der Waals surface area contributed by atoms with E-state index in [0.717, 1.165) is 12.0 Å². The molecule has 0 saturated heterocycles. The average Bonchev–Trinajstić information content (AvgIpc) is 2.32. The van der Waals surface area contributed by atoms with Gasteiger partial charge >= 0.3 is 6.36 Å². The largest absolute Gasteiger partial charge is 0.573 e. The fourth-order valence-corrected chi connectivity index (χ4v) is 1.45. The second-order valence-corrected chi connectivity index (χ2v) is 3.76. The highest BCUT2D eigenvalue weighted by molar-refractivity contribution is 5.28. The van der Waals surface area contributed by atoms with Crippen molar-refractivity contribution in [3.05, 3.63) is 42.7 Å². The zero-order valence-electron chi connectivity index (χ0n) is 10.4. The van der Waals surface area contributed by atoms with Crippen LogP contribution in [-0.4, -0.2) is 19.5 Å². The molecule has 0 aromatic heterocycles. The van der Waals surface area contributed by atoms with Gasteiger partial charge in [-0.3, -0.25) is 0 Å². The van der Waals surface area contributed by atoms with Crippen molar-refractivity contribution in [2.75, 3.05) is 13.2 Å². The first-order valence-corrected chi connectivity index (χ1v) is 5.79. The van der Waals surface area contributed by atoms with Crippen molar-refractivity contribution in [3.63, 3.8) is 0 Å². The van der Waals surface area contributed by atoms with Crippen LogP contribution in [0.2, 0.25) is 0 Å². The fourth-order valence-electron chi connectivity index (χ4n) is 1.45. The van der Waals surface area contributed by atoms with E-state index < -0.39 is 6.36 Å². The highest BCUT2D eigenvalue weighted by atomic mass is 19.4. The lowest BCUT2D eigenvalue weighted by Gasteiger charge is -2.10. The predicted molar refractivity (Wildman–Crippen MR) is 65.6 cm³/mol. The quantitative estimate of drug-likeness (QED) is 0.583. The van der Waals surface area contributed by atoms with Crippen molar-refractivity contribution >= 4 is 0 Å². The molecule has 0 radical (unpaired) electrons. The Morgan fingerprint density at radius 1 is 1.32 bits per heavy atom. The summed E-state index contributed by atoms with van der Waals surface area (Å²) in [5, 5.41) is 3.10. The summed E-state index contributed by atoms with van der Waals surface area (Å²) >= 11 is 0. The van der Waals surface area contributed by atoms with Crippen molar-refractivity contribution in [2.24, 2.45) is 0 Å². The predicted octanol–water partition coefficient (Wildman–Crippen LogP) is 3.23. The van der Waals surface area contributed by atoms with E-state index in [4.69, 9.17) is 4.74 Å². The maximum absolute atomic E-state index is 12.0. The number of benzene rings is 1. The SMILES string of the molecule is C=COCCCNCc1cccc(OC(F)(F)F)c1. The Morgan fingerprint density at radius 3 is 2.79 bits per heavy atom. The third kappa shape index (κ3) is 7.35. The molecule has 3 nitrogen and oxygen atoms in total. The highest BCUT2D eigenvalue weighted by Gasteiger charge is 2.31. The zero-order valence-corrected chi connectivity index (χ0v) is 10.4. The van der Waals surface area contributed by atoms with Gasteiger partial charge in [0.2, 0.25) is 0 Å². The molecular weight excluding hydrogens is 259 g/mol. The highest BCUT2D eigenvalue weighted by Crippen LogP contribution is 2.23. The van der Waals surface area contributed by atoms with Gasteiger partial charge < -0.3 is 14.8 Å². The molecule has 0 bridgehead atoms. The molecule has 19 heavy (non-hydrogen) atoms. The molecule has 0 aliphatic rings. The minimum atomic E-state index is -4.66. The Morgan fingerprint density at radius 2 is 2.11 bits per heavy atom. The van der Waals surface area contributed by atoms with Gasteiger partial charge in [0, 0.05) is 6.54 Å². The van der Waals surface area contributed by atoms with Crippen LogP contribution in [0.5, 0.6) is 5.75 Å². The fraction of sp³-hybridized carbons (Fsp3) is 0.385. The third-order valence-corrected chi connectivity index (χ3v) is 2.19. The Balaban J connectivity index is 2.34. The van der Waals surface area contributed by atoms with Crippen LogP contribution in [0.4, 0.5) is 13.2 Å². The van der Waals surface area contributed by atoms with Crippen LogP contribution in [-0.2, 0) is 11.3 Å². The average molecular weight is 275 g/mol. The minimum absolute atomic E-state index is 0.207. The summed E-state index contributed by atoms with van der Waals surface area (Å²) in [4.78, 5) is 0. The molecule has 0 aliphatic heterocycles. The van der Waals surface area contributed by atoms with Crippen LogP contribution in [0.1, 0.15) is 12.0 Å². The van der Waals surface area contributed by atoms with Crippen molar-refractivity contribution < 1.29 is 22.6 Å². The second-order valence-electron chi connectivity index (χ2n) is 3.76. The summed E-state index contributed by atoms with van der Waals surface area (Å²) in [6.45, 7) is 5.16. The van der Waals surface area contributed by atoms with Crippen LogP contribution >= 0.6 is 0 Å². The Hall–Kier alpha value is -1.69. The van der Waals surface area contributed by atoms with Crippen molar-refractivity contribution in [2.45, 2.75) is 19.3 Å². The number of ether oxygens (including phenoxy) is 2. The molecule has 0 amide bonds. The summed E-state index contributed by atoms with van der Waals surface area (Å²) < 4.78 is 44.9. The Kier molecular flexibility index (Phi) is 6.21. The third-order valence-electron chi connectivity index (χ3n) is 2.19. The van der Waals surface area contributed by atoms with Crippen LogP contribution in [0.15, 0.2) is 37.1 Å². The lowest BCUT2D eigenvalue weighted by atomic mass is 10.2. The molecule has 106 valence electrons. The summed E-state index contributed by atoms with van der Waals surface area (Å²) in [5.74, 6) is -0.207. The van der Waals surface area contributed by atoms with E-state index in [9.17, 15) is 13.2 Å². The van der Waals surface area contributed by atoms with Gasteiger partial charge in [-0.25, -0.2) is 0 Å². The molecule has 1 aromatic carbocycles. The van der Waals surface area contributed by atoms with E-state index >= 15 is 0 Å². The molecule has 0 saturated carbocycles. The molecule has 0 spiro atoms. The molecule has 1 rings (SSSR count). The lowest BCUT2D eigenvalue weighted by Crippen LogP contribution is -2.18. The van der Waals surface area contributed by atoms with Gasteiger partial charge in [0.15, 0.2) is 0 Å². The summed E-state index contributed by atoms with van der Waals surface area (Å²) in [6.07, 6.45) is -2.49. The first-order chi connectivity index (χ1) is 9.01. The van der Waals surface area contributed by atoms with Gasteiger partial charge in [-0.1, -0.05) is 18.7 Å². The van der Waals surface area contributed by atoms with Gasteiger partial charge in [-0.15, -0.1) is 13.2 Å². The van der Waals surface area contributed by atoms with Gasteiger partial charge in [0.1, 0.15) is 5.75 Å². The van der Waals surface area contributed by atoms with E-state index in [2.05, 4.69) is 16.6 Å². The van der Waals surface area contributed by atoms with Gasteiger partial charge in [-0.05, 0) is 30.7 Å². The normalized spacial score (nSPS) is 11.1. The summed E-state index contributed by atoms with van der Waals surface area (Å²) in [6, 6.07) is 5.89. The van der Waals surface area contributed by atoms with E-state index in [1.165, 1.54) is 24.5 Å². The molecule has 0 fully saturated rings. The molecule has 0 heterocycles. The number of hydrogen-bond acceptors (Lipinski definition) is 3. The van der Waals surface area contributed by atoms with Gasteiger partial charge in [-0.2, -0.15) is 0 Å². The van der Waals surface area contributed by atoms with Crippen molar-refractivity contribution in [3.8, 4) is 5.75 Å². The number of hydrogen-bond donors (Lipinski definition) is 1. The first kappa shape index (κ1) is 15.4. The molecule has 1 aromatic rings. The van der Waals surface area contributed by atoms with Gasteiger partial charge in [0.05, 0.1) is 12.9 Å². The molecule has 1 N–H and O–H groups in total. The van der Waals surface area contributed by atoms with E-state index in [0.29, 0.717) is 19.7 Å². The summed E-state index contributed by atoms with van der Waals surface area (Å²) in [5.41, 5.74) is 0.728. The maximum Gasteiger partial charge on any atom is 0.573 e. The lowest BCUT2D eigenvalue weighted by molar-refractivity contribution is -0.274. The van der Waals surface area contributed by atoms with Crippen LogP contribution in [0.3, 0.4) is 0 Å². The minimum Gasteiger partial charge on any atom is -0.502 e. The smallest absolute Gasteiger partial charge is 0.502 e.